The molecule has 0 fully saturated rings. The number of pyridine rings is 2. The molecule has 8 aromatic rings. The first kappa shape index (κ1) is 24.8. The lowest BCUT2D eigenvalue weighted by Gasteiger charge is -2.18. The molecule has 1 aliphatic rings. The third-order valence-corrected chi connectivity index (χ3v) is 8.89. The number of nitrogens with zero attached hydrogens (tertiary/aromatic N) is 4. The molecule has 3 heterocycles. The Kier molecular flexibility index (Phi) is 5.60. The Hall–Kier alpha value is -5.74. The molecule has 0 unspecified atom stereocenters. The first-order valence-corrected chi connectivity index (χ1v) is 15.0. The monoisotopic (exact) mass is 562 g/mol. The van der Waals surface area contributed by atoms with Crippen LogP contribution in [0.1, 0.15) is 17.5 Å². The van der Waals surface area contributed by atoms with Gasteiger partial charge in [0.2, 0.25) is 0 Å². The van der Waals surface area contributed by atoms with Crippen molar-refractivity contribution in [3.05, 3.63) is 139 Å². The molecule has 5 aromatic carbocycles. The predicted octanol–water partition coefficient (Wildman–Crippen LogP) is 9.84. The van der Waals surface area contributed by atoms with Crippen molar-refractivity contribution < 1.29 is 0 Å². The number of aromatic nitrogens is 4. The maximum Gasteiger partial charge on any atom is 0.178 e. The van der Waals surface area contributed by atoms with E-state index < -0.39 is 0 Å². The fourth-order valence-corrected chi connectivity index (χ4v) is 6.67. The summed E-state index contributed by atoms with van der Waals surface area (Å²) in [6.07, 6.45) is 12.3. The molecular weight excluding hydrogens is 536 g/mol. The smallest absolute Gasteiger partial charge is 0.178 e. The van der Waals surface area contributed by atoms with E-state index in [-0.39, 0.29) is 0 Å². The van der Waals surface area contributed by atoms with E-state index in [1.165, 1.54) is 43.8 Å². The van der Waals surface area contributed by atoms with Crippen molar-refractivity contribution in [1.29, 1.82) is 0 Å². The van der Waals surface area contributed by atoms with Crippen LogP contribution >= 0.6 is 0 Å². The minimum absolute atomic E-state index is 0.599. The van der Waals surface area contributed by atoms with E-state index in [0.29, 0.717) is 5.82 Å². The number of benzene rings is 5. The first-order valence-electron chi connectivity index (χ1n) is 15.0. The number of allylic oxidation sites excluding steroid dienone is 1. The third-order valence-electron chi connectivity index (χ3n) is 8.89. The molecule has 3 aromatic heterocycles. The zero-order chi connectivity index (χ0) is 29.0. The summed E-state index contributed by atoms with van der Waals surface area (Å²) in [5.74, 6) is 0.599. The molecule has 9 rings (SSSR count). The number of aryl methyl sites for hydroxylation is 1. The lowest BCUT2D eigenvalue weighted by molar-refractivity contribution is 1.00. The lowest BCUT2D eigenvalue weighted by atomic mass is 9.85. The molecule has 0 amide bonds. The van der Waals surface area contributed by atoms with Gasteiger partial charge in [-0.15, -0.1) is 0 Å². The molecule has 206 valence electrons. The van der Waals surface area contributed by atoms with Crippen molar-refractivity contribution in [2.24, 2.45) is 0 Å². The number of hydrogen-bond acceptors (Lipinski definition) is 4. The second-order valence-corrected chi connectivity index (χ2v) is 11.4. The standard InChI is InChI=1S/C40H26N4/c1-2-9-33-31(7-1)32-8-3-4-10-34(32)36-22-29(17-19-35(33)36)25-11-13-26(14-12-25)30-23-42-40(43-24-30)37-20-18-28-16-15-27-6-5-21-41-38(27)39(28)44-37/h1-3,5-9,11-24H,4,10H2. The van der Waals surface area contributed by atoms with Crippen LogP contribution in [0.3, 0.4) is 0 Å². The van der Waals surface area contributed by atoms with E-state index in [1.54, 1.807) is 6.20 Å². The average Bonchev–Trinajstić information content (AvgIpc) is 3.11. The van der Waals surface area contributed by atoms with Gasteiger partial charge < -0.3 is 0 Å². The maximum atomic E-state index is 4.90. The second-order valence-electron chi connectivity index (χ2n) is 11.4. The van der Waals surface area contributed by atoms with Gasteiger partial charge in [0.25, 0.3) is 0 Å². The van der Waals surface area contributed by atoms with Gasteiger partial charge in [-0.2, -0.15) is 0 Å². The highest BCUT2D eigenvalue weighted by Gasteiger charge is 2.15. The number of rotatable bonds is 3. The van der Waals surface area contributed by atoms with Crippen molar-refractivity contribution in [3.8, 4) is 33.8 Å². The summed E-state index contributed by atoms with van der Waals surface area (Å²) in [5.41, 5.74) is 9.80. The van der Waals surface area contributed by atoms with E-state index >= 15 is 0 Å². The van der Waals surface area contributed by atoms with Crippen LogP contribution < -0.4 is 0 Å². The zero-order valence-corrected chi connectivity index (χ0v) is 23.9. The molecule has 0 radical (unpaired) electrons. The van der Waals surface area contributed by atoms with Crippen LogP contribution in [0.15, 0.2) is 128 Å². The van der Waals surface area contributed by atoms with Crippen molar-refractivity contribution in [2.75, 3.05) is 0 Å². The highest BCUT2D eigenvalue weighted by molar-refractivity contribution is 6.13. The van der Waals surface area contributed by atoms with Crippen molar-refractivity contribution >= 4 is 49.4 Å². The van der Waals surface area contributed by atoms with E-state index in [0.717, 1.165) is 51.5 Å². The van der Waals surface area contributed by atoms with Gasteiger partial charge in [0.1, 0.15) is 5.69 Å². The van der Waals surface area contributed by atoms with E-state index in [4.69, 9.17) is 15.0 Å². The molecule has 44 heavy (non-hydrogen) atoms. The number of fused-ring (bicyclic) bond motifs is 9. The van der Waals surface area contributed by atoms with Crippen molar-refractivity contribution in [3.63, 3.8) is 0 Å². The minimum atomic E-state index is 0.599. The molecule has 0 atom stereocenters. The Bertz CT molecular complexity index is 2420. The van der Waals surface area contributed by atoms with Crippen LogP contribution in [0.2, 0.25) is 0 Å². The quantitative estimate of drug-likeness (QED) is 0.201. The third kappa shape index (κ3) is 3.99. The topological polar surface area (TPSA) is 51.6 Å². The van der Waals surface area contributed by atoms with Gasteiger partial charge in [0.05, 0.1) is 11.0 Å². The van der Waals surface area contributed by atoms with Crippen LogP contribution in [0, 0.1) is 0 Å². The van der Waals surface area contributed by atoms with E-state index in [1.807, 2.05) is 24.5 Å². The Labute approximate surface area is 254 Å². The second kappa shape index (κ2) is 9.92. The first-order chi connectivity index (χ1) is 21.8. The Morgan fingerprint density at radius 1 is 0.523 bits per heavy atom. The van der Waals surface area contributed by atoms with Crippen LogP contribution in [-0.4, -0.2) is 19.9 Å². The summed E-state index contributed by atoms with van der Waals surface area (Å²) in [5, 5.41) is 7.48. The van der Waals surface area contributed by atoms with Crippen molar-refractivity contribution in [1.82, 2.24) is 19.9 Å². The average molecular weight is 563 g/mol. The molecule has 0 aliphatic heterocycles. The molecular formula is C40H26N4. The van der Waals surface area contributed by atoms with Gasteiger partial charge >= 0.3 is 0 Å². The number of hydrogen-bond donors (Lipinski definition) is 0. The highest BCUT2D eigenvalue weighted by Crippen LogP contribution is 2.38. The van der Waals surface area contributed by atoms with Gasteiger partial charge in [-0.05, 0) is 80.4 Å². The van der Waals surface area contributed by atoms with Crippen LogP contribution in [0.4, 0.5) is 0 Å². The maximum absolute atomic E-state index is 4.90. The summed E-state index contributed by atoms with van der Waals surface area (Å²) in [6, 6.07) is 36.6. The van der Waals surface area contributed by atoms with Gasteiger partial charge in [0, 0.05) is 34.9 Å². The summed E-state index contributed by atoms with van der Waals surface area (Å²) in [4.78, 5) is 18.8. The van der Waals surface area contributed by atoms with Crippen LogP contribution in [-0.2, 0) is 6.42 Å². The van der Waals surface area contributed by atoms with Crippen LogP contribution in [0.25, 0.3) is 83.2 Å². The predicted molar refractivity (Wildman–Crippen MR) is 181 cm³/mol. The van der Waals surface area contributed by atoms with Gasteiger partial charge in [0.15, 0.2) is 5.82 Å². The summed E-state index contributed by atoms with van der Waals surface area (Å²) < 4.78 is 0. The Morgan fingerprint density at radius 2 is 1.23 bits per heavy atom. The largest absolute Gasteiger partial charge is 0.254 e. The fraction of sp³-hybridized carbons (Fsp3) is 0.0500. The van der Waals surface area contributed by atoms with Gasteiger partial charge in [-0.1, -0.05) is 97.1 Å². The highest BCUT2D eigenvalue weighted by atomic mass is 14.9. The zero-order valence-electron chi connectivity index (χ0n) is 23.9. The van der Waals surface area contributed by atoms with E-state index in [9.17, 15) is 0 Å². The summed E-state index contributed by atoms with van der Waals surface area (Å²) in [7, 11) is 0. The molecule has 0 saturated carbocycles. The fourth-order valence-electron chi connectivity index (χ4n) is 6.67. The Balaban J connectivity index is 1.04. The molecule has 0 spiro atoms. The minimum Gasteiger partial charge on any atom is -0.254 e. The van der Waals surface area contributed by atoms with Crippen molar-refractivity contribution in [2.45, 2.75) is 12.8 Å². The Morgan fingerprint density at radius 3 is 2.07 bits per heavy atom. The molecule has 0 bridgehead atoms. The van der Waals surface area contributed by atoms with Gasteiger partial charge in [-0.3, -0.25) is 4.98 Å². The summed E-state index contributed by atoms with van der Waals surface area (Å²) in [6.45, 7) is 0. The normalized spacial score (nSPS) is 12.7. The van der Waals surface area contributed by atoms with Crippen LogP contribution in [0.5, 0.6) is 0 Å². The van der Waals surface area contributed by atoms with E-state index in [2.05, 4.69) is 108 Å². The molecule has 0 saturated heterocycles. The molecule has 0 N–H and O–H groups in total. The molecule has 4 nitrogen and oxygen atoms in total. The van der Waals surface area contributed by atoms with Gasteiger partial charge in [-0.25, -0.2) is 15.0 Å². The lowest BCUT2D eigenvalue weighted by Crippen LogP contribution is -1.98. The molecule has 1 aliphatic carbocycles. The molecule has 4 heteroatoms. The summed E-state index contributed by atoms with van der Waals surface area (Å²) >= 11 is 0. The SMILES string of the molecule is C1=Cc2c(c3cc(-c4ccc(-c5cnc(-c6ccc7ccc8cccnc8c7n6)nc5)cc4)ccc3c3ccccc23)CC1.